The van der Waals surface area contributed by atoms with Gasteiger partial charge >= 0.3 is 5.97 Å². The summed E-state index contributed by atoms with van der Waals surface area (Å²) in [6.45, 7) is 2.15. The average molecular weight is 299 g/mol. The summed E-state index contributed by atoms with van der Waals surface area (Å²) < 4.78 is 5.59. The fraction of sp³-hybridized carbons (Fsp3) is 0.385. The molecule has 0 aliphatic carbocycles. The first kappa shape index (κ1) is 13.9. The third-order valence-corrected chi connectivity index (χ3v) is 2.96. The number of hydrogen-bond donors (Lipinski definition) is 0. The molecule has 0 spiro atoms. The maximum absolute atomic E-state index is 11.8. The molecule has 0 atom stereocenters. The molecule has 0 fully saturated rings. The summed E-state index contributed by atoms with van der Waals surface area (Å²) in [6, 6.07) is 7.29. The van der Waals surface area contributed by atoms with Crippen molar-refractivity contribution in [3.05, 3.63) is 34.3 Å². The van der Waals surface area contributed by atoms with Crippen molar-refractivity contribution < 1.29 is 14.3 Å². The Morgan fingerprint density at radius 2 is 1.94 bits per heavy atom. The van der Waals surface area contributed by atoms with E-state index in [0.717, 1.165) is 4.47 Å². The Bertz CT molecular complexity index is 401. The lowest BCUT2D eigenvalue weighted by Crippen LogP contribution is -2.06. The van der Waals surface area contributed by atoms with Gasteiger partial charge in [0.25, 0.3) is 0 Å². The minimum absolute atomic E-state index is 0.0433. The summed E-state index contributed by atoms with van der Waals surface area (Å²) in [6.07, 6.45) is 1.18. The van der Waals surface area contributed by atoms with Crippen LogP contribution in [0.4, 0.5) is 0 Å². The minimum Gasteiger partial charge on any atom is -0.466 e. The SMILES string of the molecule is CCOC(=O)CCCC(=O)c1ccccc1Br. The molecule has 0 aromatic heterocycles. The van der Waals surface area contributed by atoms with Crippen LogP contribution in [0.15, 0.2) is 28.7 Å². The zero-order valence-corrected chi connectivity index (χ0v) is 11.3. The number of Topliss-reactive ketones (excluding diaryl/α,β-unsaturated/α-hetero) is 1. The number of carbonyl (C=O) groups excluding carboxylic acids is 2. The molecule has 0 unspecified atom stereocenters. The summed E-state index contributed by atoms with van der Waals surface area (Å²) in [5.74, 6) is -0.200. The number of rotatable bonds is 6. The number of ether oxygens (including phenoxy) is 1. The molecular weight excluding hydrogens is 284 g/mol. The number of carbonyl (C=O) groups is 2. The van der Waals surface area contributed by atoms with Gasteiger partial charge in [-0.1, -0.05) is 34.1 Å². The molecule has 17 heavy (non-hydrogen) atoms. The Morgan fingerprint density at radius 1 is 1.24 bits per heavy atom. The van der Waals surface area contributed by atoms with E-state index in [9.17, 15) is 9.59 Å². The predicted molar refractivity (Wildman–Crippen MR) is 69.0 cm³/mol. The predicted octanol–water partition coefficient (Wildman–Crippen LogP) is 3.37. The first-order valence-corrected chi connectivity index (χ1v) is 6.37. The van der Waals surface area contributed by atoms with Gasteiger partial charge in [-0.3, -0.25) is 9.59 Å². The second-order valence-electron chi connectivity index (χ2n) is 3.56. The van der Waals surface area contributed by atoms with Crippen molar-refractivity contribution in [3.63, 3.8) is 0 Å². The third-order valence-electron chi connectivity index (χ3n) is 2.26. The molecule has 0 N–H and O–H groups in total. The van der Waals surface area contributed by atoms with Crippen LogP contribution in [-0.4, -0.2) is 18.4 Å². The van der Waals surface area contributed by atoms with Crippen LogP contribution in [0.25, 0.3) is 0 Å². The zero-order valence-electron chi connectivity index (χ0n) is 9.74. The normalized spacial score (nSPS) is 10.0. The van der Waals surface area contributed by atoms with E-state index in [4.69, 9.17) is 4.74 Å². The smallest absolute Gasteiger partial charge is 0.305 e. The average Bonchev–Trinajstić information content (AvgIpc) is 2.29. The van der Waals surface area contributed by atoms with Crippen molar-refractivity contribution in [3.8, 4) is 0 Å². The molecule has 1 aromatic rings. The number of ketones is 1. The summed E-state index contributed by atoms with van der Waals surface area (Å²) in [7, 11) is 0. The quantitative estimate of drug-likeness (QED) is 0.597. The highest BCUT2D eigenvalue weighted by molar-refractivity contribution is 9.10. The van der Waals surface area contributed by atoms with E-state index >= 15 is 0 Å². The highest BCUT2D eigenvalue weighted by Gasteiger charge is 2.10. The van der Waals surface area contributed by atoms with Gasteiger partial charge in [0.1, 0.15) is 0 Å². The van der Waals surface area contributed by atoms with E-state index in [1.165, 1.54) is 0 Å². The van der Waals surface area contributed by atoms with Crippen molar-refractivity contribution in [1.29, 1.82) is 0 Å². The van der Waals surface area contributed by atoms with Crippen LogP contribution >= 0.6 is 15.9 Å². The summed E-state index contributed by atoms with van der Waals surface area (Å²) >= 11 is 3.33. The molecule has 0 aliphatic rings. The van der Waals surface area contributed by atoms with Gasteiger partial charge in [0, 0.05) is 22.9 Å². The maximum atomic E-state index is 11.8. The Kier molecular flexibility index (Phi) is 5.91. The van der Waals surface area contributed by atoms with Crippen LogP contribution < -0.4 is 0 Å². The Hall–Kier alpha value is -1.16. The van der Waals surface area contributed by atoms with Crippen molar-refractivity contribution in [2.45, 2.75) is 26.2 Å². The number of hydrogen-bond acceptors (Lipinski definition) is 3. The largest absolute Gasteiger partial charge is 0.466 e. The van der Waals surface area contributed by atoms with Crippen molar-refractivity contribution in [2.24, 2.45) is 0 Å². The Morgan fingerprint density at radius 3 is 2.59 bits per heavy atom. The minimum atomic E-state index is -0.243. The molecular formula is C13H15BrO3. The lowest BCUT2D eigenvalue weighted by atomic mass is 10.1. The molecule has 92 valence electrons. The second kappa shape index (κ2) is 7.22. The zero-order chi connectivity index (χ0) is 12.7. The second-order valence-corrected chi connectivity index (χ2v) is 4.42. The summed E-state index contributed by atoms with van der Waals surface area (Å²) in [5.41, 5.74) is 0.663. The molecule has 3 nitrogen and oxygen atoms in total. The molecule has 0 bridgehead atoms. The van der Waals surface area contributed by atoms with Crippen LogP contribution in [0.2, 0.25) is 0 Å². The fourth-order valence-electron chi connectivity index (χ4n) is 1.45. The van der Waals surface area contributed by atoms with Crippen LogP contribution in [0.3, 0.4) is 0 Å². The maximum Gasteiger partial charge on any atom is 0.305 e. The van der Waals surface area contributed by atoms with Crippen molar-refractivity contribution in [1.82, 2.24) is 0 Å². The van der Waals surface area contributed by atoms with Gasteiger partial charge in [-0.15, -0.1) is 0 Å². The Balaban J connectivity index is 2.41. The van der Waals surface area contributed by atoms with Crippen LogP contribution in [0, 0.1) is 0 Å². The third kappa shape index (κ3) is 4.69. The van der Waals surface area contributed by atoms with Crippen LogP contribution in [-0.2, 0) is 9.53 Å². The molecule has 0 saturated carbocycles. The molecule has 0 radical (unpaired) electrons. The van der Waals surface area contributed by atoms with Crippen LogP contribution in [0.5, 0.6) is 0 Å². The van der Waals surface area contributed by atoms with E-state index < -0.39 is 0 Å². The molecule has 4 heteroatoms. The van der Waals surface area contributed by atoms with Crippen LogP contribution in [0.1, 0.15) is 36.5 Å². The molecule has 1 aromatic carbocycles. The van der Waals surface area contributed by atoms with Gasteiger partial charge in [-0.2, -0.15) is 0 Å². The molecule has 0 saturated heterocycles. The number of halogens is 1. The van der Waals surface area contributed by atoms with E-state index in [1.54, 1.807) is 13.0 Å². The van der Waals surface area contributed by atoms with E-state index in [1.807, 2.05) is 18.2 Å². The summed E-state index contributed by atoms with van der Waals surface area (Å²) in [5, 5.41) is 0. The van der Waals surface area contributed by atoms with E-state index in [-0.39, 0.29) is 11.8 Å². The standard InChI is InChI=1S/C13H15BrO3/c1-2-17-13(16)9-5-8-12(15)10-6-3-4-7-11(10)14/h3-4,6-7H,2,5,8-9H2,1H3. The van der Waals surface area contributed by atoms with Gasteiger partial charge in [0.2, 0.25) is 0 Å². The lowest BCUT2D eigenvalue weighted by molar-refractivity contribution is -0.143. The van der Waals surface area contributed by atoms with Gasteiger partial charge in [0.15, 0.2) is 5.78 Å². The number of benzene rings is 1. The molecule has 0 heterocycles. The van der Waals surface area contributed by atoms with Gasteiger partial charge in [-0.25, -0.2) is 0 Å². The highest BCUT2D eigenvalue weighted by atomic mass is 79.9. The van der Waals surface area contributed by atoms with E-state index in [2.05, 4.69) is 15.9 Å². The van der Waals surface area contributed by atoms with Gasteiger partial charge < -0.3 is 4.74 Å². The Labute approximate surface area is 109 Å². The lowest BCUT2D eigenvalue weighted by Gasteiger charge is -2.03. The van der Waals surface area contributed by atoms with E-state index in [0.29, 0.717) is 31.4 Å². The van der Waals surface area contributed by atoms with Crippen molar-refractivity contribution >= 4 is 27.7 Å². The monoisotopic (exact) mass is 298 g/mol. The number of esters is 1. The van der Waals surface area contributed by atoms with Crippen molar-refractivity contribution in [2.75, 3.05) is 6.61 Å². The van der Waals surface area contributed by atoms with Gasteiger partial charge in [-0.05, 0) is 19.4 Å². The first-order chi connectivity index (χ1) is 8.15. The first-order valence-electron chi connectivity index (χ1n) is 5.58. The summed E-state index contributed by atoms with van der Waals surface area (Å²) in [4.78, 5) is 22.9. The topological polar surface area (TPSA) is 43.4 Å². The molecule has 1 rings (SSSR count). The highest BCUT2D eigenvalue weighted by Crippen LogP contribution is 2.18. The molecule has 0 amide bonds. The molecule has 0 aliphatic heterocycles. The fourth-order valence-corrected chi connectivity index (χ4v) is 1.95. The van der Waals surface area contributed by atoms with Gasteiger partial charge in [0.05, 0.1) is 6.61 Å².